The summed E-state index contributed by atoms with van der Waals surface area (Å²) in [7, 11) is 4.05. The number of allylic oxidation sites excluding steroid dienone is 1. The van der Waals surface area contributed by atoms with E-state index in [0.29, 0.717) is 0 Å². The highest BCUT2D eigenvalue weighted by molar-refractivity contribution is 4.72. The van der Waals surface area contributed by atoms with Crippen molar-refractivity contribution < 1.29 is 0 Å². The second kappa shape index (κ2) is 4.65. The van der Waals surface area contributed by atoms with Crippen molar-refractivity contribution in [3.05, 3.63) is 12.3 Å². The van der Waals surface area contributed by atoms with Gasteiger partial charge in [-0.3, -0.25) is 4.90 Å². The van der Waals surface area contributed by atoms with E-state index in [-0.39, 0.29) is 0 Å². The summed E-state index contributed by atoms with van der Waals surface area (Å²) in [5, 5.41) is 3.08. The first-order valence-corrected chi connectivity index (χ1v) is 2.76. The van der Waals surface area contributed by atoms with Crippen LogP contribution in [0.1, 0.15) is 6.92 Å². The lowest BCUT2D eigenvalue weighted by Gasteiger charge is -2.07. The molecule has 0 aromatic heterocycles. The molecule has 0 saturated carbocycles. The van der Waals surface area contributed by atoms with E-state index in [9.17, 15) is 0 Å². The van der Waals surface area contributed by atoms with E-state index in [1.807, 2.05) is 33.3 Å². The van der Waals surface area contributed by atoms with Crippen LogP contribution in [-0.2, 0) is 0 Å². The van der Waals surface area contributed by atoms with Crippen molar-refractivity contribution in [2.24, 2.45) is 0 Å². The van der Waals surface area contributed by atoms with Crippen LogP contribution in [0.15, 0.2) is 12.3 Å². The number of nitrogens with zero attached hydrogens (tertiary/aromatic N) is 1. The van der Waals surface area contributed by atoms with E-state index in [4.69, 9.17) is 0 Å². The summed E-state index contributed by atoms with van der Waals surface area (Å²) in [6, 6.07) is 0. The van der Waals surface area contributed by atoms with Crippen molar-refractivity contribution in [3.63, 3.8) is 0 Å². The predicted octanol–water partition coefficient (Wildman–Crippen LogP) is 0.629. The molecule has 0 amide bonds. The van der Waals surface area contributed by atoms with E-state index >= 15 is 0 Å². The molecule has 0 atom stereocenters. The maximum absolute atomic E-state index is 3.08. The van der Waals surface area contributed by atoms with Crippen LogP contribution >= 0.6 is 0 Å². The lowest BCUT2D eigenvalue weighted by atomic mass is 10.7. The number of hydrogen-bond donors (Lipinski definition) is 1. The molecule has 0 aliphatic rings. The van der Waals surface area contributed by atoms with Crippen LogP contribution in [0.25, 0.3) is 0 Å². The van der Waals surface area contributed by atoms with Gasteiger partial charge in [0.05, 0.1) is 6.67 Å². The minimum absolute atomic E-state index is 0.907. The standard InChI is InChI=1S/C6H14N2/c1-4-5-7-6-8(2)3/h4-5,7H,6H2,1-3H3/b5-4-. The van der Waals surface area contributed by atoms with Gasteiger partial charge < -0.3 is 5.32 Å². The van der Waals surface area contributed by atoms with E-state index in [1.54, 1.807) is 0 Å². The quantitative estimate of drug-likeness (QED) is 0.541. The van der Waals surface area contributed by atoms with Crippen molar-refractivity contribution in [2.75, 3.05) is 20.8 Å². The Kier molecular flexibility index (Phi) is 4.36. The molecule has 0 spiro atoms. The van der Waals surface area contributed by atoms with Crippen LogP contribution in [0.2, 0.25) is 0 Å². The largest absolute Gasteiger partial charge is 0.378 e. The molecule has 0 aromatic carbocycles. The molecule has 0 fully saturated rings. The van der Waals surface area contributed by atoms with Crippen molar-refractivity contribution in [1.29, 1.82) is 0 Å². The van der Waals surface area contributed by atoms with Gasteiger partial charge in [0.15, 0.2) is 0 Å². The molecule has 2 nitrogen and oxygen atoms in total. The lowest BCUT2D eigenvalue weighted by Crippen LogP contribution is -2.23. The van der Waals surface area contributed by atoms with Crippen molar-refractivity contribution >= 4 is 0 Å². The SMILES string of the molecule is C/C=C\NCN(C)C. The Hall–Kier alpha value is -0.500. The maximum atomic E-state index is 3.08. The van der Waals surface area contributed by atoms with Crippen molar-refractivity contribution in [2.45, 2.75) is 6.92 Å². The average molecular weight is 114 g/mol. The molecule has 0 bridgehead atoms. The van der Waals surface area contributed by atoms with Crippen molar-refractivity contribution in [3.8, 4) is 0 Å². The van der Waals surface area contributed by atoms with Gasteiger partial charge in [0.2, 0.25) is 0 Å². The molecule has 8 heavy (non-hydrogen) atoms. The predicted molar refractivity (Wildman–Crippen MR) is 36.5 cm³/mol. The van der Waals surface area contributed by atoms with Gasteiger partial charge in [-0.15, -0.1) is 0 Å². The molecule has 0 rings (SSSR count). The van der Waals surface area contributed by atoms with Gasteiger partial charge >= 0.3 is 0 Å². The molecule has 0 radical (unpaired) electrons. The Balaban J connectivity index is 2.93. The van der Waals surface area contributed by atoms with Gasteiger partial charge in [-0.25, -0.2) is 0 Å². The van der Waals surface area contributed by atoms with Gasteiger partial charge in [-0.05, 0) is 27.2 Å². The second-order valence-corrected chi connectivity index (χ2v) is 1.94. The van der Waals surface area contributed by atoms with Crippen LogP contribution < -0.4 is 5.32 Å². The van der Waals surface area contributed by atoms with Crippen LogP contribution in [-0.4, -0.2) is 25.7 Å². The third-order valence-corrected chi connectivity index (χ3v) is 0.692. The highest BCUT2D eigenvalue weighted by atomic mass is 15.2. The summed E-state index contributed by atoms with van der Waals surface area (Å²) in [6.07, 6.45) is 3.91. The molecule has 0 aromatic rings. The Bertz CT molecular complexity index is 66.9. The lowest BCUT2D eigenvalue weighted by molar-refractivity contribution is 0.393. The van der Waals surface area contributed by atoms with Gasteiger partial charge in [0.25, 0.3) is 0 Å². The minimum atomic E-state index is 0.907. The molecule has 0 saturated heterocycles. The van der Waals surface area contributed by atoms with Crippen LogP contribution in [0, 0.1) is 0 Å². The monoisotopic (exact) mass is 114 g/mol. The Morgan fingerprint density at radius 3 is 2.50 bits per heavy atom. The molecule has 1 N–H and O–H groups in total. The second-order valence-electron chi connectivity index (χ2n) is 1.94. The Morgan fingerprint density at radius 2 is 2.12 bits per heavy atom. The summed E-state index contributed by atoms with van der Waals surface area (Å²) in [5.41, 5.74) is 0. The van der Waals surface area contributed by atoms with E-state index < -0.39 is 0 Å². The molecule has 2 heteroatoms. The highest BCUT2D eigenvalue weighted by Gasteiger charge is 1.79. The molecule has 0 heterocycles. The number of nitrogens with one attached hydrogen (secondary N) is 1. The summed E-state index contributed by atoms with van der Waals surface area (Å²) in [4.78, 5) is 2.07. The number of rotatable bonds is 3. The van der Waals surface area contributed by atoms with Gasteiger partial charge in [-0.1, -0.05) is 6.08 Å². The van der Waals surface area contributed by atoms with Crippen LogP contribution in [0.3, 0.4) is 0 Å². The first-order valence-electron chi connectivity index (χ1n) is 2.76. The first-order chi connectivity index (χ1) is 3.77. The average Bonchev–Trinajstić information content (AvgIpc) is 1.66. The highest BCUT2D eigenvalue weighted by Crippen LogP contribution is 1.67. The van der Waals surface area contributed by atoms with E-state index in [1.165, 1.54) is 0 Å². The molecule has 0 aliphatic carbocycles. The zero-order valence-corrected chi connectivity index (χ0v) is 5.81. The molecular formula is C6H14N2. The normalized spacial score (nSPS) is 11.0. The Labute approximate surface area is 51.2 Å². The molecule has 0 unspecified atom stereocenters. The summed E-state index contributed by atoms with van der Waals surface area (Å²) >= 11 is 0. The van der Waals surface area contributed by atoms with Crippen LogP contribution in [0.4, 0.5) is 0 Å². The molecule has 48 valence electrons. The first kappa shape index (κ1) is 7.50. The number of hydrogen-bond acceptors (Lipinski definition) is 2. The smallest absolute Gasteiger partial charge is 0.0668 e. The molecular weight excluding hydrogens is 100 g/mol. The third kappa shape index (κ3) is 5.50. The van der Waals surface area contributed by atoms with Crippen LogP contribution in [0.5, 0.6) is 0 Å². The Morgan fingerprint density at radius 1 is 1.50 bits per heavy atom. The van der Waals surface area contributed by atoms with Gasteiger partial charge in [-0.2, -0.15) is 0 Å². The fourth-order valence-corrected chi connectivity index (χ4v) is 0.353. The third-order valence-electron chi connectivity index (χ3n) is 0.692. The summed E-state index contributed by atoms with van der Waals surface area (Å²) < 4.78 is 0. The summed E-state index contributed by atoms with van der Waals surface area (Å²) in [6.45, 7) is 2.90. The van der Waals surface area contributed by atoms with Gasteiger partial charge in [0.1, 0.15) is 0 Å². The van der Waals surface area contributed by atoms with Crippen molar-refractivity contribution in [1.82, 2.24) is 10.2 Å². The summed E-state index contributed by atoms with van der Waals surface area (Å²) in [5.74, 6) is 0. The zero-order valence-electron chi connectivity index (χ0n) is 5.81. The van der Waals surface area contributed by atoms with E-state index in [0.717, 1.165) is 6.67 Å². The van der Waals surface area contributed by atoms with E-state index in [2.05, 4.69) is 10.2 Å². The zero-order chi connectivity index (χ0) is 6.41. The topological polar surface area (TPSA) is 15.3 Å². The maximum Gasteiger partial charge on any atom is 0.0668 e. The molecule has 0 aliphatic heterocycles. The minimum Gasteiger partial charge on any atom is -0.378 e. The fraction of sp³-hybridized carbons (Fsp3) is 0.667. The van der Waals surface area contributed by atoms with Gasteiger partial charge in [0, 0.05) is 0 Å². The fourth-order valence-electron chi connectivity index (χ4n) is 0.353.